The zero-order valence-electron chi connectivity index (χ0n) is 39.7. The molecule has 3 aliphatic heterocycles. The number of hydrogen-bond acceptors (Lipinski definition) is 24. The molecule has 7 heterocycles. The van der Waals surface area contributed by atoms with Gasteiger partial charge in [0.25, 0.3) is 0 Å². The Morgan fingerprint density at radius 1 is 0.959 bits per heavy atom. The molecule has 3 aliphatic rings. The van der Waals surface area contributed by atoms with Gasteiger partial charge in [0, 0.05) is 38.5 Å². The van der Waals surface area contributed by atoms with Crippen LogP contribution in [0.25, 0.3) is 11.2 Å². The van der Waals surface area contributed by atoms with Crippen LogP contribution in [-0.2, 0) is 52.7 Å². The Hall–Kier alpha value is -5.44. The summed E-state index contributed by atoms with van der Waals surface area (Å²) in [6.07, 6.45) is -10.7. The van der Waals surface area contributed by atoms with Gasteiger partial charge in [-0.15, -0.1) is 0 Å². The number of imidazole rings is 1. The van der Waals surface area contributed by atoms with Crippen LogP contribution < -0.4 is 37.8 Å². The summed E-state index contributed by atoms with van der Waals surface area (Å²) in [7, 11) is -5.71. The van der Waals surface area contributed by atoms with E-state index in [4.69, 9.17) is 60.7 Å². The second-order valence-electron chi connectivity index (χ2n) is 17.5. The molecule has 3 saturated heterocycles. The number of nitrogens with two attached hydrogens (primary N) is 2. The quantitative estimate of drug-likeness (QED) is 0.0327. The number of carbonyl (C=O) groups is 1. The molecular formula is C41H54N12O18P2S. The number of hydrogen-bond donors (Lipinski definition) is 9. The van der Waals surface area contributed by atoms with E-state index in [1.165, 1.54) is 36.6 Å². The first-order valence-corrected chi connectivity index (χ1v) is 25.9. The largest absolute Gasteiger partial charge is 0.497 e. The minimum atomic E-state index is -5.46. The number of rotatable bonds is 20. The molecule has 0 spiro atoms. The van der Waals surface area contributed by atoms with Crippen LogP contribution in [0.2, 0.25) is 0 Å². The number of phosphoric acid groups is 2. The van der Waals surface area contributed by atoms with Crippen molar-refractivity contribution in [3.05, 3.63) is 92.1 Å². The van der Waals surface area contributed by atoms with Crippen LogP contribution in [-0.4, -0.2) is 165 Å². The summed E-state index contributed by atoms with van der Waals surface area (Å²) in [4.78, 5) is 82.3. The highest BCUT2D eigenvalue weighted by molar-refractivity contribution is 7.71. The minimum absolute atomic E-state index is 0.0547. The van der Waals surface area contributed by atoms with Crippen molar-refractivity contribution >= 4 is 56.6 Å². The van der Waals surface area contributed by atoms with Gasteiger partial charge >= 0.3 is 27.0 Å². The number of H-pyrrole nitrogens is 1. The van der Waals surface area contributed by atoms with Gasteiger partial charge in [-0.05, 0) is 37.1 Å². The summed E-state index contributed by atoms with van der Waals surface area (Å²) < 4.78 is 75.5. The monoisotopic (exact) mass is 1100 g/mol. The van der Waals surface area contributed by atoms with Gasteiger partial charge in [-0.25, -0.2) is 33.7 Å². The normalized spacial score (nSPS) is 27.9. The molecule has 0 saturated carbocycles. The number of nitrogens with zero attached hydrogens (tertiary/aromatic N) is 8. The standard InChI is InChI=1S/C41H54N12O18P2S/c1-19-13-52(41(59)49-37(19)74)28-12-23(24(14-54)67-28)70-72(60,61)66-16-26-33(32(56)39(69-26)51-10-9-27(43)47-40(51)58)71-73(62,63)65-15-25-29(48-36(57)22(42)11-20-5-7-21(64-4)8-6-20)31(55)38(68-25)53-18-46-30-34(50(2)3)44-17-45-35(30)53/h5-10,13,17-18,22-26,28-29,31-33,38-39,54-56H,11-12,14-16,42H2,1-4H3,(H,48,57)(H,60,61)(H,62,63)(H2,43,47,58)(H,49,59,74). The molecule has 1 amide bonds. The number of ether oxygens (including phenoxy) is 4. The molecule has 5 aromatic rings. The third-order valence-electron chi connectivity index (χ3n) is 12.3. The van der Waals surface area contributed by atoms with Crippen molar-refractivity contribution in [1.29, 1.82) is 0 Å². The average molecular weight is 1100 g/mol. The Kier molecular flexibility index (Phi) is 16.6. The predicted molar refractivity (Wildman–Crippen MR) is 257 cm³/mol. The second-order valence-corrected chi connectivity index (χ2v) is 20.8. The third-order valence-corrected chi connectivity index (χ3v) is 14.7. The smallest absolute Gasteiger partial charge is 0.472 e. The molecule has 4 aromatic heterocycles. The van der Waals surface area contributed by atoms with E-state index in [-0.39, 0.29) is 28.9 Å². The van der Waals surface area contributed by atoms with E-state index in [1.54, 1.807) is 50.2 Å². The number of fused-ring (bicyclic) bond motifs is 1. The first-order valence-electron chi connectivity index (χ1n) is 22.5. The SMILES string of the molecule is COc1ccc(CC(N)C(=O)NC2C(COP(=O)(O)OC3C(COP(=O)(O)OC4CC(n5cc(C)c(=S)[nH]c5=O)OC4CO)OC(n4ccc(N)nc4=O)C3O)OC(n3cnc4c(N(C)C)ncnc43)C2O)cc1. The first-order chi connectivity index (χ1) is 35.1. The Morgan fingerprint density at radius 2 is 1.64 bits per heavy atom. The molecule has 30 nitrogen and oxygen atoms in total. The lowest BCUT2D eigenvalue weighted by Crippen LogP contribution is -2.53. The van der Waals surface area contributed by atoms with E-state index < -0.39 is 126 Å². The molecule has 0 bridgehead atoms. The van der Waals surface area contributed by atoms with Crippen molar-refractivity contribution in [2.75, 3.05) is 51.7 Å². The summed E-state index contributed by atoms with van der Waals surface area (Å²) in [6.45, 7) is -0.999. The number of phosphoric ester groups is 2. The topological polar surface area (TPSA) is 410 Å². The Labute approximate surface area is 423 Å². The van der Waals surface area contributed by atoms with Crippen LogP contribution >= 0.6 is 27.9 Å². The minimum Gasteiger partial charge on any atom is -0.497 e. The summed E-state index contributed by atoms with van der Waals surface area (Å²) in [5.41, 5.74) is 12.0. The Morgan fingerprint density at radius 3 is 2.31 bits per heavy atom. The number of anilines is 2. The zero-order valence-corrected chi connectivity index (χ0v) is 42.3. The molecule has 33 heteroatoms. The number of methoxy groups -OCH3 is 1. The van der Waals surface area contributed by atoms with Gasteiger partial charge in [0.15, 0.2) is 29.4 Å². The fourth-order valence-electron chi connectivity index (χ4n) is 8.53. The number of aromatic amines is 1. The van der Waals surface area contributed by atoms with E-state index in [0.29, 0.717) is 28.2 Å². The van der Waals surface area contributed by atoms with Gasteiger partial charge in [-0.2, -0.15) is 4.98 Å². The summed E-state index contributed by atoms with van der Waals surface area (Å²) in [6, 6.07) is 5.44. The van der Waals surface area contributed by atoms with Gasteiger partial charge in [-0.1, -0.05) is 24.4 Å². The number of benzene rings is 1. The maximum atomic E-state index is 14.0. The second kappa shape index (κ2) is 22.4. The van der Waals surface area contributed by atoms with Crippen molar-refractivity contribution in [3.63, 3.8) is 0 Å². The maximum Gasteiger partial charge on any atom is 0.472 e. The first kappa shape index (κ1) is 54.8. The van der Waals surface area contributed by atoms with Crippen molar-refractivity contribution in [3.8, 4) is 5.75 Å². The average Bonchev–Trinajstić information content (AvgIpc) is 4.12. The lowest BCUT2D eigenvalue weighted by atomic mass is 10.0. The van der Waals surface area contributed by atoms with Crippen molar-refractivity contribution in [2.24, 2.45) is 5.73 Å². The maximum absolute atomic E-state index is 14.0. The van der Waals surface area contributed by atoms with Crippen LogP contribution in [0.3, 0.4) is 0 Å². The number of aryl methyl sites for hydroxylation is 1. The van der Waals surface area contributed by atoms with Crippen molar-refractivity contribution < 1.29 is 76.1 Å². The molecule has 14 atom stereocenters. The third kappa shape index (κ3) is 12.0. The highest BCUT2D eigenvalue weighted by Gasteiger charge is 2.52. The lowest BCUT2D eigenvalue weighted by Gasteiger charge is -2.26. The van der Waals surface area contributed by atoms with Crippen molar-refractivity contribution in [1.82, 2.24) is 43.9 Å². The number of aliphatic hydroxyl groups excluding tert-OH is 3. The fraction of sp³-hybridized carbons (Fsp3) is 0.512. The number of nitrogen functional groups attached to an aromatic ring is 1. The zero-order chi connectivity index (χ0) is 53.4. The number of aliphatic hydroxyl groups is 3. The molecule has 0 radical (unpaired) electrons. The Bertz CT molecular complexity index is 3110. The van der Waals surface area contributed by atoms with Crippen molar-refractivity contribution in [2.45, 2.75) is 93.3 Å². The molecule has 74 heavy (non-hydrogen) atoms. The fourth-order valence-corrected chi connectivity index (χ4v) is 10.6. The molecular weight excluding hydrogens is 1040 g/mol. The van der Waals surface area contributed by atoms with Gasteiger partial charge in [0.1, 0.15) is 71.5 Å². The van der Waals surface area contributed by atoms with Crippen LogP contribution in [0, 0.1) is 11.6 Å². The molecule has 1 aromatic carbocycles. The number of nitrogens with one attached hydrogen (secondary N) is 2. The molecule has 8 rings (SSSR count). The predicted octanol–water partition coefficient (Wildman–Crippen LogP) is -1.18. The van der Waals surface area contributed by atoms with Crippen LogP contribution in [0.4, 0.5) is 11.6 Å². The number of carbonyl (C=O) groups excluding carboxylic acids is 1. The van der Waals surface area contributed by atoms with E-state index in [2.05, 4.69) is 30.2 Å². The number of aromatic nitrogens is 8. The molecule has 3 fully saturated rings. The van der Waals surface area contributed by atoms with Gasteiger partial charge in [0.05, 0.1) is 45.3 Å². The summed E-state index contributed by atoms with van der Waals surface area (Å²) >= 11 is 5.11. The number of amides is 1. The van der Waals surface area contributed by atoms with Crippen LogP contribution in [0.15, 0.2) is 65.0 Å². The van der Waals surface area contributed by atoms with Gasteiger partial charge in [-0.3, -0.25) is 41.6 Å². The Balaban J connectivity index is 1.00. The van der Waals surface area contributed by atoms with E-state index in [9.17, 15) is 48.6 Å². The summed E-state index contributed by atoms with van der Waals surface area (Å²) in [5.74, 6) is 0.0680. The molecule has 0 aliphatic carbocycles. The molecule has 11 N–H and O–H groups in total. The lowest BCUT2D eigenvalue weighted by molar-refractivity contribution is -0.124. The van der Waals surface area contributed by atoms with E-state index >= 15 is 0 Å². The summed E-state index contributed by atoms with van der Waals surface area (Å²) in [5, 5.41) is 36.1. The van der Waals surface area contributed by atoms with Gasteiger partial charge < -0.3 is 65.7 Å². The molecule has 14 unspecified atom stereocenters. The highest BCUT2D eigenvalue weighted by atomic mass is 32.1. The highest BCUT2D eigenvalue weighted by Crippen LogP contribution is 2.52. The van der Waals surface area contributed by atoms with Crippen LogP contribution in [0.5, 0.6) is 5.75 Å². The van der Waals surface area contributed by atoms with Gasteiger partial charge in [0.2, 0.25) is 5.91 Å². The van der Waals surface area contributed by atoms with Crippen LogP contribution in [0.1, 0.15) is 36.2 Å². The van der Waals surface area contributed by atoms with E-state index in [0.717, 1.165) is 15.3 Å². The molecule has 402 valence electrons. The van der Waals surface area contributed by atoms with E-state index in [1.807, 2.05) is 0 Å².